The SMILES string of the molecule is [N-]=[N+]=NC1CCN(C(=O)CN2C(=O)CCC2=O)CC1. The van der Waals surface area contributed by atoms with Gasteiger partial charge < -0.3 is 4.90 Å². The second-order valence-corrected chi connectivity index (χ2v) is 4.69. The van der Waals surface area contributed by atoms with Gasteiger partial charge >= 0.3 is 0 Å². The van der Waals surface area contributed by atoms with Crippen LogP contribution < -0.4 is 0 Å². The first-order valence-electron chi connectivity index (χ1n) is 6.27. The molecule has 8 heteroatoms. The number of carbonyl (C=O) groups is 3. The molecule has 2 saturated heterocycles. The summed E-state index contributed by atoms with van der Waals surface area (Å²) >= 11 is 0. The van der Waals surface area contributed by atoms with Crippen LogP contribution in [0, 0.1) is 0 Å². The highest BCUT2D eigenvalue weighted by Gasteiger charge is 2.32. The van der Waals surface area contributed by atoms with Gasteiger partial charge in [-0.2, -0.15) is 0 Å². The van der Waals surface area contributed by atoms with Crippen LogP contribution in [0.4, 0.5) is 0 Å². The highest BCUT2D eigenvalue weighted by atomic mass is 16.2. The zero-order valence-corrected chi connectivity index (χ0v) is 10.5. The Morgan fingerprint density at radius 2 is 1.84 bits per heavy atom. The van der Waals surface area contributed by atoms with Crippen LogP contribution in [-0.4, -0.2) is 53.2 Å². The number of hydrogen-bond donors (Lipinski definition) is 0. The second kappa shape index (κ2) is 5.71. The monoisotopic (exact) mass is 265 g/mol. The average Bonchev–Trinajstić information content (AvgIpc) is 2.72. The van der Waals surface area contributed by atoms with Crippen LogP contribution in [0.25, 0.3) is 10.4 Å². The van der Waals surface area contributed by atoms with E-state index in [0.717, 1.165) is 4.90 Å². The minimum atomic E-state index is -0.276. The molecular formula is C11H15N5O3. The van der Waals surface area contributed by atoms with E-state index in [4.69, 9.17) is 5.53 Å². The summed E-state index contributed by atoms with van der Waals surface area (Å²) in [5.74, 6) is -0.771. The molecule has 0 saturated carbocycles. The zero-order valence-electron chi connectivity index (χ0n) is 10.5. The largest absolute Gasteiger partial charge is 0.341 e. The molecule has 19 heavy (non-hydrogen) atoms. The maximum absolute atomic E-state index is 12.0. The van der Waals surface area contributed by atoms with Crippen molar-refractivity contribution in [3.63, 3.8) is 0 Å². The molecule has 0 aromatic carbocycles. The van der Waals surface area contributed by atoms with Crippen LogP contribution in [-0.2, 0) is 14.4 Å². The Morgan fingerprint density at radius 3 is 2.37 bits per heavy atom. The van der Waals surface area contributed by atoms with Gasteiger partial charge in [0.1, 0.15) is 6.54 Å². The Morgan fingerprint density at radius 1 is 1.26 bits per heavy atom. The summed E-state index contributed by atoms with van der Waals surface area (Å²) in [4.78, 5) is 40.2. The summed E-state index contributed by atoms with van der Waals surface area (Å²) in [5, 5.41) is 3.63. The van der Waals surface area contributed by atoms with E-state index in [1.165, 1.54) is 0 Å². The zero-order chi connectivity index (χ0) is 13.8. The number of imide groups is 1. The van der Waals surface area contributed by atoms with Crippen LogP contribution in [0.15, 0.2) is 5.11 Å². The van der Waals surface area contributed by atoms with Crippen molar-refractivity contribution in [1.29, 1.82) is 0 Å². The lowest BCUT2D eigenvalue weighted by atomic mass is 10.1. The molecule has 0 aliphatic carbocycles. The first-order chi connectivity index (χ1) is 9.11. The van der Waals surface area contributed by atoms with Gasteiger partial charge in [0, 0.05) is 36.9 Å². The summed E-state index contributed by atoms with van der Waals surface area (Å²) < 4.78 is 0. The number of azide groups is 1. The number of rotatable bonds is 3. The number of nitrogens with zero attached hydrogens (tertiary/aromatic N) is 5. The van der Waals surface area contributed by atoms with Gasteiger partial charge in [-0.1, -0.05) is 5.11 Å². The number of carbonyl (C=O) groups excluding carboxylic acids is 3. The van der Waals surface area contributed by atoms with E-state index in [-0.39, 0.29) is 43.1 Å². The maximum atomic E-state index is 12.0. The van der Waals surface area contributed by atoms with Crippen molar-refractivity contribution < 1.29 is 14.4 Å². The molecule has 0 aromatic rings. The molecule has 0 bridgehead atoms. The molecule has 2 aliphatic heterocycles. The first kappa shape index (κ1) is 13.4. The van der Waals surface area contributed by atoms with Crippen molar-refractivity contribution in [2.75, 3.05) is 19.6 Å². The molecule has 2 heterocycles. The Labute approximate surface area is 110 Å². The Kier molecular flexibility index (Phi) is 4.01. The van der Waals surface area contributed by atoms with E-state index in [2.05, 4.69) is 10.0 Å². The summed E-state index contributed by atoms with van der Waals surface area (Å²) in [6, 6.07) is -0.0656. The van der Waals surface area contributed by atoms with Crippen molar-refractivity contribution in [1.82, 2.24) is 9.80 Å². The standard InChI is InChI=1S/C11H15N5O3/c12-14-13-8-3-5-15(6-4-8)11(19)7-16-9(17)1-2-10(16)18/h8H,1-7H2. The van der Waals surface area contributed by atoms with Crippen LogP contribution in [0.2, 0.25) is 0 Å². The predicted molar refractivity (Wildman–Crippen MR) is 64.7 cm³/mol. The minimum absolute atomic E-state index is 0.0656. The molecule has 3 amide bonds. The van der Waals surface area contributed by atoms with Gasteiger partial charge in [-0.15, -0.1) is 0 Å². The van der Waals surface area contributed by atoms with Gasteiger partial charge in [-0.05, 0) is 18.4 Å². The van der Waals surface area contributed by atoms with Crippen molar-refractivity contribution >= 4 is 17.7 Å². The summed E-state index contributed by atoms with van der Waals surface area (Å²) in [5.41, 5.74) is 8.34. The lowest BCUT2D eigenvalue weighted by Crippen LogP contribution is -2.46. The first-order valence-corrected chi connectivity index (χ1v) is 6.27. The minimum Gasteiger partial charge on any atom is -0.341 e. The van der Waals surface area contributed by atoms with Gasteiger partial charge in [-0.3, -0.25) is 19.3 Å². The summed E-state index contributed by atoms with van der Waals surface area (Å²) in [7, 11) is 0. The molecule has 102 valence electrons. The Hall–Kier alpha value is -2.08. The van der Waals surface area contributed by atoms with Crippen molar-refractivity contribution in [2.24, 2.45) is 5.11 Å². The van der Waals surface area contributed by atoms with Crippen molar-refractivity contribution in [2.45, 2.75) is 31.7 Å². The molecule has 0 radical (unpaired) electrons. The van der Waals surface area contributed by atoms with E-state index in [1.54, 1.807) is 4.90 Å². The molecule has 0 atom stereocenters. The highest BCUT2D eigenvalue weighted by molar-refractivity contribution is 6.04. The van der Waals surface area contributed by atoms with E-state index >= 15 is 0 Å². The molecule has 8 nitrogen and oxygen atoms in total. The van der Waals surface area contributed by atoms with Gasteiger partial charge in [0.15, 0.2) is 0 Å². The predicted octanol–water partition coefficient (Wildman–Crippen LogP) is 0.437. The topological polar surface area (TPSA) is 106 Å². The van der Waals surface area contributed by atoms with Crippen molar-refractivity contribution in [3.8, 4) is 0 Å². The summed E-state index contributed by atoms with van der Waals surface area (Å²) in [6.45, 7) is 0.835. The lowest BCUT2D eigenvalue weighted by Gasteiger charge is -2.30. The number of piperidine rings is 1. The molecule has 2 fully saturated rings. The molecule has 0 N–H and O–H groups in total. The average molecular weight is 265 g/mol. The molecule has 0 unspecified atom stereocenters. The van der Waals surface area contributed by atoms with Gasteiger partial charge in [0.2, 0.25) is 17.7 Å². The quantitative estimate of drug-likeness (QED) is 0.319. The molecule has 0 spiro atoms. The van der Waals surface area contributed by atoms with Crippen LogP contribution in [0.5, 0.6) is 0 Å². The number of hydrogen-bond acceptors (Lipinski definition) is 4. The fraction of sp³-hybridized carbons (Fsp3) is 0.727. The summed E-state index contributed by atoms with van der Waals surface area (Å²) in [6.07, 6.45) is 1.64. The molecule has 2 rings (SSSR count). The fourth-order valence-electron chi connectivity index (χ4n) is 2.34. The maximum Gasteiger partial charge on any atom is 0.242 e. The second-order valence-electron chi connectivity index (χ2n) is 4.69. The van der Waals surface area contributed by atoms with Crippen LogP contribution in [0.1, 0.15) is 25.7 Å². The lowest BCUT2D eigenvalue weighted by molar-refractivity contribution is -0.145. The van der Waals surface area contributed by atoms with Gasteiger partial charge in [0.05, 0.1) is 0 Å². The Balaban J connectivity index is 1.86. The third-order valence-electron chi connectivity index (χ3n) is 3.48. The third kappa shape index (κ3) is 3.03. The number of amides is 3. The Bertz CT molecular complexity index is 433. The van der Waals surface area contributed by atoms with E-state index < -0.39 is 0 Å². The normalized spacial score (nSPS) is 20.6. The fourth-order valence-corrected chi connectivity index (χ4v) is 2.34. The van der Waals surface area contributed by atoms with E-state index in [1.807, 2.05) is 0 Å². The number of likely N-dealkylation sites (tertiary alicyclic amines) is 2. The molecular weight excluding hydrogens is 250 g/mol. The van der Waals surface area contributed by atoms with Crippen LogP contribution >= 0.6 is 0 Å². The van der Waals surface area contributed by atoms with Gasteiger partial charge in [-0.25, -0.2) is 0 Å². The smallest absolute Gasteiger partial charge is 0.242 e. The van der Waals surface area contributed by atoms with Gasteiger partial charge in [0.25, 0.3) is 0 Å². The van der Waals surface area contributed by atoms with E-state index in [0.29, 0.717) is 25.9 Å². The van der Waals surface area contributed by atoms with Crippen molar-refractivity contribution in [3.05, 3.63) is 10.4 Å². The molecule has 2 aliphatic rings. The molecule has 0 aromatic heterocycles. The van der Waals surface area contributed by atoms with E-state index in [9.17, 15) is 14.4 Å². The highest BCUT2D eigenvalue weighted by Crippen LogP contribution is 2.16. The third-order valence-corrected chi connectivity index (χ3v) is 3.48. The van der Waals surface area contributed by atoms with Crippen LogP contribution in [0.3, 0.4) is 0 Å².